The van der Waals surface area contributed by atoms with Crippen molar-refractivity contribution < 1.29 is 21.1 Å². The Morgan fingerprint density at radius 3 is 1.03 bits per heavy atom. The molecule has 0 radical (unpaired) electrons. The van der Waals surface area contributed by atoms with Crippen LogP contribution >= 0.6 is 0 Å². The summed E-state index contributed by atoms with van der Waals surface area (Å²) < 4.78 is 0. The molecule has 176 valence electrons. The number of allylic oxidation sites excluding steroid dienone is 4. The molecule has 0 saturated carbocycles. The zero-order chi connectivity index (χ0) is 24.0. The third kappa shape index (κ3) is 12.3. The van der Waals surface area contributed by atoms with E-state index in [9.17, 15) is 0 Å². The average molecular weight is 650 g/mol. The van der Waals surface area contributed by atoms with Crippen LogP contribution in [0.2, 0.25) is 39.3 Å². The van der Waals surface area contributed by atoms with E-state index in [0.29, 0.717) is 0 Å². The second kappa shape index (κ2) is 15.9. The van der Waals surface area contributed by atoms with Gasteiger partial charge in [-0.3, -0.25) is 11.8 Å². The quantitative estimate of drug-likeness (QED) is 0.142. The van der Waals surface area contributed by atoms with Crippen LogP contribution < -0.4 is 10.4 Å². The zero-order valence-electron chi connectivity index (χ0n) is 21.1. The molecule has 0 atom stereocenters. The molecule has 1 aliphatic carbocycles. The molecular formula is C30H38PtSi2. The number of rotatable bonds is 2. The van der Waals surface area contributed by atoms with E-state index in [1.807, 2.05) is 36.4 Å². The van der Waals surface area contributed by atoms with Gasteiger partial charge in [-0.15, -0.1) is 33.6 Å². The minimum Gasteiger partial charge on any atom is -0.366 e. The van der Waals surface area contributed by atoms with E-state index in [2.05, 4.69) is 87.6 Å². The summed E-state index contributed by atoms with van der Waals surface area (Å²) in [5.74, 6) is 4.97. The van der Waals surface area contributed by atoms with Crippen LogP contribution in [-0.4, -0.2) is 16.1 Å². The first-order chi connectivity index (χ1) is 15.1. The molecule has 3 heteroatoms. The van der Waals surface area contributed by atoms with Crippen LogP contribution in [0.5, 0.6) is 0 Å². The first kappa shape index (κ1) is 31.2. The van der Waals surface area contributed by atoms with Crippen molar-refractivity contribution in [1.29, 1.82) is 0 Å². The molecule has 0 amide bonds. The SMILES string of the molecule is C1=CCC/C=C\CC1.[C-]#Cc1ccccc1[Si](C)(C)C.[C-]#Cc1ccccc1[Si](C)(C)C.[Pt+2]. The van der Waals surface area contributed by atoms with Crippen LogP contribution in [0.3, 0.4) is 0 Å². The molecule has 0 unspecified atom stereocenters. The minimum atomic E-state index is -1.28. The standard InChI is InChI=1S/2C11H13Si.C8H12.Pt/c2*1-5-10-8-6-7-9-11(10)12(2,3)4;1-2-4-6-8-7-5-3-1;/h2*6-9H,2-4H3;1-2,7-8H,3-6H2;/q2*-1;;+2/b;;2-1-,8-7?;. The molecule has 0 aliphatic heterocycles. The molecule has 1 aliphatic rings. The van der Waals surface area contributed by atoms with Gasteiger partial charge in [0.15, 0.2) is 0 Å². The zero-order valence-corrected chi connectivity index (χ0v) is 25.3. The van der Waals surface area contributed by atoms with Crippen LogP contribution in [0.25, 0.3) is 0 Å². The van der Waals surface area contributed by atoms with Crippen LogP contribution in [0.4, 0.5) is 0 Å². The summed E-state index contributed by atoms with van der Waals surface area (Å²) in [5.41, 5.74) is 1.91. The second-order valence-corrected chi connectivity index (χ2v) is 20.0. The topological polar surface area (TPSA) is 0 Å². The van der Waals surface area contributed by atoms with Crippen LogP contribution in [0.15, 0.2) is 72.8 Å². The van der Waals surface area contributed by atoms with Crippen molar-refractivity contribution in [3.05, 3.63) is 96.8 Å². The third-order valence-electron chi connectivity index (χ3n) is 5.07. The summed E-state index contributed by atoms with van der Waals surface area (Å²) >= 11 is 0. The Balaban J connectivity index is 0.000000468. The Morgan fingerprint density at radius 1 is 0.545 bits per heavy atom. The van der Waals surface area contributed by atoms with Crippen molar-refractivity contribution in [2.24, 2.45) is 0 Å². The Bertz CT molecular complexity index is 880. The first-order valence-electron chi connectivity index (χ1n) is 11.5. The number of hydrogen-bond acceptors (Lipinski definition) is 0. The van der Waals surface area contributed by atoms with E-state index < -0.39 is 16.1 Å². The van der Waals surface area contributed by atoms with Gasteiger partial charge in [-0.2, -0.15) is 0 Å². The molecular weight excluding hydrogens is 612 g/mol. The van der Waals surface area contributed by atoms with E-state index in [1.54, 1.807) is 0 Å². The van der Waals surface area contributed by atoms with Crippen LogP contribution in [0.1, 0.15) is 36.8 Å². The monoisotopic (exact) mass is 649 g/mol. The Labute approximate surface area is 220 Å². The summed E-state index contributed by atoms with van der Waals surface area (Å²) in [5, 5.41) is 2.64. The molecule has 33 heavy (non-hydrogen) atoms. The summed E-state index contributed by atoms with van der Waals surface area (Å²) in [7, 11) is -2.56. The Morgan fingerprint density at radius 2 is 0.818 bits per heavy atom. The van der Waals surface area contributed by atoms with Gasteiger partial charge in [-0.05, 0) is 25.7 Å². The molecule has 2 aromatic rings. The number of benzene rings is 2. The van der Waals surface area contributed by atoms with Crippen molar-refractivity contribution in [2.45, 2.75) is 65.0 Å². The van der Waals surface area contributed by atoms with Gasteiger partial charge in [0.2, 0.25) is 0 Å². The fourth-order valence-corrected chi connectivity index (χ4v) is 6.45. The molecule has 0 nitrogen and oxygen atoms in total. The predicted octanol–water partition coefficient (Wildman–Crippen LogP) is 7.01. The van der Waals surface area contributed by atoms with Crippen LogP contribution in [-0.2, 0) is 21.1 Å². The maximum absolute atomic E-state index is 7.14. The molecule has 0 saturated heterocycles. The van der Waals surface area contributed by atoms with Gasteiger partial charge >= 0.3 is 21.1 Å². The summed E-state index contributed by atoms with van der Waals surface area (Å²) in [4.78, 5) is 0. The predicted molar refractivity (Wildman–Crippen MR) is 148 cm³/mol. The molecule has 3 rings (SSSR count). The molecule has 0 bridgehead atoms. The van der Waals surface area contributed by atoms with E-state index in [-0.39, 0.29) is 21.1 Å². The molecule has 0 fully saturated rings. The fraction of sp³-hybridized carbons (Fsp3) is 0.333. The Hall–Kier alpha value is -1.84. The van der Waals surface area contributed by atoms with E-state index in [4.69, 9.17) is 12.8 Å². The van der Waals surface area contributed by atoms with Crippen molar-refractivity contribution >= 4 is 26.5 Å². The van der Waals surface area contributed by atoms with Crippen molar-refractivity contribution in [3.8, 4) is 11.8 Å². The van der Waals surface area contributed by atoms with E-state index >= 15 is 0 Å². The van der Waals surface area contributed by atoms with Gasteiger partial charge < -0.3 is 12.8 Å². The van der Waals surface area contributed by atoms with Gasteiger partial charge in [0, 0.05) is 0 Å². The normalized spacial score (nSPS) is 13.7. The first-order valence-corrected chi connectivity index (χ1v) is 18.5. The van der Waals surface area contributed by atoms with Gasteiger partial charge in [0.25, 0.3) is 0 Å². The van der Waals surface area contributed by atoms with Gasteiger partial charge in [-0.1, -0.05) is 100.0 Å². The van der Waals surface area contributed by atoms with Crippen molar-refractivity contribution in [2.75, 3.05) is 0 Å². The van der Waals surface area contributed by atoms with Gasteiger partial charge in [-0.25, -0.2) is 0 Å². The van der Waals surface area contributed by atoms with Crippen molar-refractivity contribution in [3.63, 3.8) is 0 Å². The van der Waals surface area contributed by atoms with Gasteiger partial charge in [0.1, 0.15) is 0 Å². The molecule has 2 aromatic carbocycles. The summed E-state index contributed by atoms with van der Waals surface area (Å²) in [6, 6.07) is 16.1. The average Bonchev–Trinajstić information content (AvgIpc) is 2.73. The van der Waals surface area contributed by atoms with E-state index in [0.717, 1.165) is 11.1 Å². The molecule has 0 spiro atoms. The summed E-state index contributed by atoms with van der Waals surface area (Å²) in [6.45, 7) is 13.7. The third-order valence-corrected chi connectivity index (χ3v) is 9.18. The Kier molecular flexibility index (Phi) is 15.0. The molecule has 0 heterocycles. The van der Waals surface area contributed by atoms with Gasteiger partial charge in [0.05, 0.1) is 16.1 Å². The van der Waals surface area contributed by atoms with Crippen LogP contribution in [0, 0.1) is 24.7 Å². The fourth-order valence-electron chi connectivity index (χ4n) is 3.35. The van der Waals surface area contributed by atoms with Crippen molar-refractivity contribution in [1.82, 2.24) is 0 Å². The largest absolute Gasteiger partial charge is 2.00 e. The maximum atomic E-state index is 7.14. The second-order valence-electron chi connectivity index (χ2n) is 9.94. The molecule has 0 aromatic heterocycles. The smallest absolute Gasteiger partial charge is 0.366 e. The molecule has 0 N–H and O–H groups in total. The number of hydrogen-bond donors (Lipinski definition) is 0. The van der Waals surface area contributed by atoms with E-state index in [1.165, 1.54) is 36.1 Å². The maximum Gasteiger partial charge on any atom is 2.00 e. The minimum absolute atomic E-state index is 0. The summed E-state index contributed by atoms with van der Waals surface area (Å²) in [6.07, 6.45) is 28.3.